The molecule has 18 heavy (non-hydrogen) atoms. The number of nitrogens with zero attached hydrogens (tertiary/aromatic N) is 3. The van der Waals surface area contributed by atoms with Gasteiger partial charge in [0.05, 0.1) is 11.3 Å². The summed E-state index contributed by atoms with van der Waals surface area (Å²) in [5, 5.41) is 12.1. The number of anilines is 1. The summed E-state index contributed by atoms with van der Waals surface area (Å²) in [4.78, 5) is 2.33. The smallest absolute Gasteiger partial charge is 0.137 e. The molecule has 1 aliphatic rings. The number of nitrogens with two attached hydrogens (primary N) is 1. The van der Waals surface area contributed by atoms with Crippen molar-refractivity contribution in [3.63, 3.8) is 0 Å². The van der Waals surface area contributed by atoms with Crippen LogP contribution in [-0.2, 0) is 7.05 Å². The highest BCUT2D eigenvalue weighted by atomic mass is 15.4. The molecule has 0 saturated carbocycles. The van der Waals surface area contributed by atoms with Gasteiger partial charge in [-0.2, -0.15) is 5.10 Å². The topological polar surface area (TPSA) is 70.9 Å². The second kappa shape index (κ2) is 5.00. The molecular weight excluding hydrogens is 226 g/mol. The number of aryl methyl sites for hydroxylation is 2. The van der Waals surface area contributed by atoms with Crippen LogP contribution in [0.1, 0.15) is 37.4 Å². The first kappa shape index (κ1) is 12.9. The van der Waals surface area contributed by atoms with E-state index in [0.29, 0.717) is 0 Å². The zero-order chi connectivity index (χ0) is 13.3. The van der Waals surface area contributed by atoms with Gasteiger partial charge >= 0.3 is 0 Å². The van der Waals surface area contributed by atoms with Crippen LogP contribution in [0.3, 0.4) is 0 Å². The summed E-state index contributed by atoms with van der Waals surface area (Å²) in [6.45, 7) is 6.26. The molecular formula is C13H23N5. The lowest BCUT2D eigenvalue weighted by Gasteiger charge is -2.20. The zero-order valence-electron chi connectivity index (χ0n) is 11.5. The van der Waals surface area contributed by atoms with E-state index in [4.69, 9.17) is 11.1 Å². The Balaban J connectivity index is 2.26. The van der Waals surface area contributed by atoms with E-state index in [1.54, 1.807) is 0 Å². The van der Waals surface area contributed by atoms with Crippen molar-refractivity contribution in [2.24, 2.45) is 18.7 Å². The molecule has 1 fully saturated rings. The van der Waals surface area contributed by atoms with E-state index in [2.05, 4.69) is 16.9 Å². The third kappa shape index (κ3) is 2.21. The fraction of sp³-hybridized carbons (Fsp3) is 0.692. The standard InChI is InChI=1S/C13H23N5/c1-4-5-10-6-7-18(8-10)13-11(12(14)15)9(2)16-17(13)3/h10H,4-8H2,1-3H3,(H3,14,15). The first-order valence-corrected chi connectivity index (χ1v) is 6.67. The molecule has 0 amide bonds. The highest BCUT2D eigenvalue weighted by Gasteiger charge is 2.27. The van der Waals surface area contributed by atoms with Crippen LogP contribution >= 0.6 is 0 Å². The SMILES string of the molecule is CCCC1CCN(c2c(C(=N)N)c(C)nn2C)C1. The van der Waals surface area contributed by atoms with Crippen LogP contribution in [0.15, 0.2) is 0 Å². The van der Waals surface area contributed by atoms with Crippen LogP contribution in [0.4, 0.5) is 5.82 Å². The summed E-state index contributed by atoms with van der Waals surface area (Å²) >= 11 is 0. The van der Waals surface area contributed by atoms with Crippen molar-refractivity contribution in [2.75, 3.05) is 18.0 Å². The van der Waals surface area contributed by atoms with E-state index in [-0.39, 0.29) is 5.84 Å². The van der Waals surface area contributed by atoms with Gasteiger partial charge in [0.1, 0.15) is 11.7 Å². The highest BCUT2D eigenvalue weighted by Crippen LogP contribution is 2.29. The number of amidine groups is 1. The molecule has 2 rings (SSSR count). The lowest BCUT2D eigenvalue weighted by atomic mass is 10.0. The van der Waals surface area contributed by atoms with Crippen LogP contribution in [0.2, 0.25) is 0 Å². The highest BCUT2D eigenvalue weighted by molar-refractivity contribution is 6.01. The number of hydrogen-bond donors (Lipinski definition) is 2. The molecule has 1 aliphatic heterocycles. The Morgan fingerprint density at radius 1 is 1.56 bits per heavy atom. The van der Waals surface area contributed by atoms with Gasteiger partial charge in [-0.05, 0) is 25.7 Å². The van der Waals surface area contributed by atoms with E-state index in [1.165, 1.54) is 19.3 Å². The van der Waals surface area contributed by atoms with Crippen molar-refractivity contribution in [2.45, 2.75) is 33.1 Å². The third-order valence-electron chi connectivity index (χ3n) is 3.74. The van der Waals surface area contributed by atoms with Crippen LogP contribution < -0.4 is 10.6 Å². The first-order chi connectivity index (χ1) is 8.54. The van der Waals surface area contributed by atoms with Gasteiger partial charge in [0, 0.05) is 20.1 Å². The number of aromatic nitrogens is 2. The summed E-state index contributed by atoms with van der Waals surface area (Å²) in [6, 6.07) is 0. The third-order valence-corrected chi connectivity index (χ3v) is 3.74. The molecule has 1 atom stereocenters. The average molecular weight is 249 g/mol. The van der Waals surface area contributed by atoms with Crippen LogP contribution in [0.5, 0.6) is 0 Å². The van der Waals surface area contributed by atoms with Gasteiger partial charge in [0.25, 0.3) is 0 Å². The Bertz CT molecular complexity index is 448. The largest absolute Gasteiger partial charge is 0.384 e. The molecule has 5 nitrogen and oxygen atoms in total. The molecule has 0 radical (unpaired) electrons. The summed E-state index contributed by atoms with van der Waals surface area (Å²) in [7, 11) is 1.93. The van der Waals surface area contributed by atoms with Crippen molar-refractivity contribution in [3.05, 3.63) is 11.3 Å². The molecule has 0 bridgehead atoms. The lowest BCUT2D eigenvalue weighted by molar-refractivity contribution is 0.529. The van der Waals surface area contributed by atoms with E-state index in [1.807, 2.05) is 18.7 Å². The summed E-state index contributed by atoms with van der Waals surface area (Å²) < 4.78 is 1.86. The molecule has 1 unspecified atom stereocenters. The van der Waals surface area contributed by atoms with Crippen molar-refractivity contribution >= 4 is 11.7 Å². The molecule has 5 heteroatoms. The molecule has 2 heterocycles. The molecule has 0 aliphatic carbocycles. The van der Waals surface area contributed by atoms with Crippen molar-refractivity contribution < 1.29 is 0 Å². The summed E-state index contributed by atoms with van der Waals surface area (Å²) in [6.07, 6.45) is 3.75. The van der Waals surface area contributed by atoms with Gasteiger partial charge in [-0.25, -0.2) is 0 Å². The normalized spacial score (nSPS) is 19.5. The fourth-order valence-electron chi connectivity index (χ4n) is 2.99. The monoisotopic (exact) mass is 249 g/mol. The Hall–Kier alpha value is -1.52. The Morgan fingerprint density at radius 2 is 2.28 bits per heavy atom. The number of hydrogen-bond acceptors (Lipinski definition) is 3. The predicted molar refractivity (Wildman–Crippen MR) is 74.2 cm³/mol. The minimum atomic E-state index is 0.120. The molecule has 100 valence electrons. The van der Waals surface area contributed by atoms with Crippen LogP contribution in [-0.4, -0.2) is 28.7 Å². The Kier molecular flexibility index (Phi) is 3.59. The van der Waals surface area contributed by atoms with E-state index in [9.17, 15) is 0 Å². The first-order valence-electron chi connectivity index (χ1n) is 6.67. The maximum absolute atomic E-state index is 7.72. The number of nitrogens with one attached hydrogen (secondary N) is 1. The Morgan fingerprint density at radius 3 is 2.89 bits per heavy atom. The average Bonchev–Trinajstić information content (AvgIpc) is 2.83. The predicted octanol–water partition coefficient (Wildman–Crippen LogP) is 1.64. The number of nitrogen functional groups attached to an aromatic ring is 1. The second-order valence-electron chi connectivity index (χ2n) is 5.21. The van der Waals surface area contributed by atoms with Gasteiger partial charge in [0.2, 0.25) is 0 Å². The van der Waals surface area contributed by atoms with E-state index in [0.717, 1.165) is 36.1 Å². The van der Waals surface area contributed by atoms with Gasteiger partial charge in [-0.3, -0.25) is 10.1 Å². The molecule has 3 N–H and O–H groups in total. The van der Waals surface area contributed by atoms with Gasteiger partial charge in [0.15, 0.2) is 0 Å². The van der Waals surface area contributed by atoms with E-state index < -0.39 is 0 Å². The lowest BCUT2D eigenvalue weighted by Crippen LogP contribution is -2.26. The summed E-state index contributed by atoms with van der Waals surface area (Å²) in [5.41, 5.74) is 7.34. The fourth-order valence-corrected chi connectivity index (χ4v) is 2.99. The maximum atomic E-state index is 7.72. The van der Waals surface area contributed by atoms with Crippen LogP contribution in [0.25, 0.3) is 0 Å². The number of rotatable bonds is 4. The molecule has 0 spiro atoms. The van der Waals surface area contributed by atoms with Crippen molar-refractivity contribution in [1.29, 1.82) is 5.41 Å². The Labute approximate surface area is 108 Å². The van der Waals surface area contributed by atoms with Gasteiger partial charge < -0.3 is 10.6 Å². The minimum absolute atomic E-state index is 0.120. The minimum Gasteiger partial charge on any atom is -0.384 e. The molecule has 1 aromatic rings. The van der Waals surface area contributed by atoms with Crippen LogP contribution in [0, 0.1) is 18.3 Å². The zero-order valence-corrected chi connectivity index (χ0v) is 11.5. The van der Waals surface area contributed by atoms with Gasteiger partial charge in [-0.15, -0.1) is 0 Å². The second-order valence-corrected chi connectivity index (χ2v) is 5.21. The van der Waals surface area contributed by atoms with Crippen molar-refractivity contribution in [1.82, 2.24) is 9.78 Å². The molecule has 1 aromatic heterocycles. The maximum Gasteiger partial charge on any atom is 0.137 e. The van der Waals surface area contributed by atoms with E-state index >= 15 is 0 Å². The quantitative estimate of drug-likeness (QED) is 0.629. The van der Waals surface area contributed by atoms with Gasteiger partial charge in [-0.1, -0.05) is 13.3 Å². The summed E-state index contributed by atoms with van der Waals surface area (Å²) in [5.74, 6) is 1.90. The molecule has 0 aromatic carbocycles. The van der Waals surface area contributed by atoms with Crippen molar-refractivity contribution in [3.8, 4) is 0 Å². The molecule has 1 saturated heterocycles.